The third-order valence-electron chi connectivity index (χ3n) is 4.39. The number of anilines is 1. The zero-order chi connectivity index (χ0) is 22.2. The average molecular weight is 461 g/mol. The number of nitrogens with one attached hydrogen (secondary N) is 1. The summed E-state index contributed by atoms with van der Waals surface area (Å²) in [5, 5.41) is 12.7. The Labute approximate surface area is 191 Å². The van der Waals surface area contributed by atoms with Crippen LogP contribution in [0.25, 0.3) is 0 Å². The number of benzene rings is 2. The van der Waals surface area contributed by atoms with Gasteiger partial charge >= 0.3 is 0 Å². The monoisotopic (exact) mass is 460 g/mol. The second kappa shape index (κ2) is 11.1. The fourth-order valence-corrected chi connectivity index (χ4v) is 3.77. The van der Waals surface area contributed by atoms with Crippen molar-refractivity contribution in [3.8, 4) is 11.5 Å². The van der Waals surface area contributed by atoms with Crippen molar-refractivity contribution < 1.29 is 14.3 Å². The molecule has 0 fully saturated rings. The Balaban J connectivity index is 1.54. The van der Waals surface area contributed by atoms with Crippen molar-refractivity contribution in [1.29, 1.82) is 0 Å². The molecule has 0 saturated carbocycles. The first kappa shape index (κ1) is 23.0. The number of rotatable bonds is 10. The summed E-state index contributed by atoms with van der Waals surface area (Å²) in [4.78, 5) is 12.3. The molecule has 31 heavy (non-hydrogen) atoms. The van der Waals surface area contributed by atoms with E-state index in [0.717, 1.165) is 22.7 Å². The van der Waals surface area contributed by atoms with Gasteiger partial charge in [-0.25, -0.2) is 0 Å². The lowest BCUT2D eigenvalue weighted by atomic mass is 10.2. The first-order chi connectivity index (χ1) is 15.0. The zero-order valence-electron chi connectivity index (χ0n) is 17.7. The van der Waals surface area contributed by atoms with Crippen molar-refractivity contribution in [2.45, 2.75) is 39.1 Å². The molecule has 1 amide bonds. The molecule has 0 spiro atoms. The molecule has 9 heteroatoms. The molecule has 0 aliphatic carbocycles. The van der Waals surface area contributed by atoms with Gasteiger partial charge < -0.3 is 19.4 Å². The maximum Gasteiger partial charge on any atom is 0.234 e. The predicted octanol–water partition coefficient (Wildman–Crippen LogP) is 4.97. The molecule has 1 N–H and O–H groups in total. The fraction of sp³-hybridized carbons (Fsp3) is 0.318. The number of thioether (sulfide) groups is 1. The molecule has 1 heterocycles. The van der Waals surface area contributed by atoms with E-state index in [9.17, 15) is 4.79 Å². The van der Waals surface area contributed by atoms with E-state index in [-0.39, 0.29) is 18.3 Å². The number of aryl methyl sites for hydroxylation is 1. The van der Waals surface area contributed by atoms with Crippen molar-refractivity contribution in [3.63, 3.8) is 0 Å². The molecule has 2 aromatic carbocycles. The number of halogens is 1. The minimum atomic E-state index is -0.116. The van der Waals surface area contributed by atoms with Crippen LogP contribution in [-0.2, 0) is 17.9 Å². The van der Waals surface area contributed by atoms with Gasteiger partial charge in [-0.05, 0) is 68.8 Å². The summed E-state index contributed by atoms with van der Waals surface area (Å²) in [6, 6.07) is 12.8. The molecule has 164 valence electrons. The summed E-state index contributed by atoms with van der Waals surface area (Å²) in [5.41, 5.74) is 1.67. The Hall–Kier alpha value is -2.71. The highest BCUT2D eigenvalue weighted by Gasteiger charge is 2.14. The van der Waals surface area contributed by atoms with E-state index in [0.29, 0.717) is 29.2 Å². The van der Waals surface area contributed by atoms with Crippen LogP contribution in [0.2, 0.25) is 5.02 Å². The predicted molar refractivity (Wildman–Crippen MR) is 123 cm³/mol. The molecule has 3 aromatic rings. The second-order valence-electron chi connectivity index (χ2n) is 6.64. The minimum absolute atomic E-state index is 0.116. The summed E-state index contributed by atoms with van der Waals surface area (Å²) in [5.74, 6) is 2.30. The van der Waals surface area contributed by atoms with Crippen LogP contribution in [0, 0.1) is 6.92 Å². The quantitative estimate of drug-likeness (QED) is 0.430. The van der Waals surface area contributed by atoms with Gasteiger partial charge in [-0.3, -0.25) is 4.79 Å². The van der Waals surface area contributed by atoms with E-state index in [2.05, 4.69) is 15.5 Å². The topological polar surface area (TPSA) is 78.3 Å². The van der Waals surface area contributed by atoms with Gasteiger partial charge in [0, 0.05) is 17.3 Å². The van der Waals surface area contributed by atoms with E-state index >= 15 is 0 Å². The Morgan fingerprint density at radius 3 is 2.52 bits per heavy atom. The standard InChI is InChI=1S/C22H25ClN4O3S/c1-4-27-20(13-30-18-10-11-19(23)15(3)12-18)25-26-22(27)31-14-21(28)24-16-6-8-17(9-7-16)29-5-2/h6-12H,4-5,13-14H2,1-3H3,(H,24,28). The summed E-state index contributed by atoms with van der Waals surface area (Å²) >= 11 is 7.39. The van der Waals surface area contributed by atoms with Gasteiger partial charge in [0.25, 0.3) is 0 Å². The van der Waals surface area contributed by atoms with Gasteiger partial charge in [0.15, 0.2) is 11.0 Å². The molecule has 0 atom stereocenters. The van der Waals surface area contributed by atoms with Gasteiger partial charge in [-0.2, -0.15) is 0 Å². The largest absolute Gasteiger partial charge is 0.494 e. The van der Waals surface area contributed by atoms with Gasteiger partial charge in [0.2, 0.25) is 5.91 Å². The highest BCUT2D eigenvalue weighted by molar-refractivity contribution is 7.99. The Morgan fingerprint density at radius 2 is 1.84 bits per heavy atom. The minimum Gasteiger partial charge on any atom is -0.494 e. The average Bonchev–Trinajstić information content (AvgIpc) is 3.16. The third-order valence-corrected chi connectivity index (χ3v) is 5.78. The molecule has 0 saturated heterocycles. The number of amides is 1. The normalized spacial score (nSPS) is 10.7. The summed E-state index contributed by atoms with van der Waals surface area (Å²) in [7, 11) is 0. The molecule has 3 rings (SSSR count). The molecular weight excluding hydrogens is 436 g/mol. The van der Waals surface area contributed by atoms with Crippen molar-refractivity contribution in [3.05, 3.63) is 58.9 Å². The van der Waals surface area contributed by atoms with Gasteiger partial charge in [-0.1, -0.05) is 23.4 Å². The lowest BCUT2D eigenvalue weighted by Gasteiger charge is -2.10. The molecule has 1 aromatic heterocycles. The smallest absolute Gasteiger partial charge is 0.234 e. The Bertz CT molecular complexity index is 1020. The lowest BCUT2D eigenvalue weighted by molar-refractivity contribution is -0.113. The Morgan fingerprint density at radius 1 is 1.10 bits per heavy atom. The molecule has 0 aliphatic heterocycles. The molecule has 0 unspecified atom stereocenters. The Kier molecular flexibility index (Phi) is 8.20. The van der Waals surface area contributed by atoms with Crippen LogP contribution >= 0.6 is 23.4 Å². The number of aromatic nitrogens is 3. The first-order valence-corrected chi connectivity index (χ1v) is 11.3. The van der Waals surface area contributed by atoms with E-state index in [1.807, 2.05) is 61.7 Å². The summed E-state index contributed by atoms with van der Waals surface area (Å²) in [6.45, 7) is 7.42. The van der Waals surface area contributed by atoms with Crippen molar-refractivity contribution >= 4 is 35.0 Å². The third kappa shape index (κ3) is 6.38. The highest BCUT2D eigenvalue weighted by atomic mass is 35.5. The van der Waals surface area contributed by atoms with Crippen LogP contribution in [0.5, 0.6) is 11.5 Å². The van der Waals surface area contributed by atoms with Crippen molar-refractivity contribution in [1.82, 2.24) is 14.8 Å². The fourth-order valence-electron chi connectivity index (χ4n) is 2.83. The van der Waals surface area contributed by atoms with Crippen LogP contribution in [0.3, 0.4) is 0 Å². The van der Waals surface area contributed by atoms with Gasteiger partial charge in [0.05, 0.1) is 12.4 Å². The number of ether oxygens (including phenoxy) is 2. The molecule has 0 bridgehead atoms. The van der Waals surface area contributed by atoms with E-state index in [4.69, 9.17) is 21.1 Å². The first-order valence-electron chi connectivity index (χ1n) is 9.96. The van der Waals surface area contributed by atoms with E-state index < -0.39 is 0 Å². The number of nitrogens with zero attached hydrogens (tertiary/aromatic N) is 3. The van der Waals surface area contributed by atoms with E-state index in [1.165, 1.54) is 11.8 Å². The number of hydrogen-bond donors (Lipinski definition) is 1. The zero-order valence-corrected chi connectivity index (χ0v) is 19.3. The molecule has 0 aliphatic rings. The van der Waals surface area contributed by atoms with Crippen molar-refractivity contribution in [2.75, 3.05) is 17.7 Å². The molecular formula is C22H25ClN4O3S. The number of carbonyl (C=O) groups is 1. The van der Waals surface area contributed by atoms with Crippen molar-refractivity contribution in [2.24, 2.45) is 0 Å². The number of hydrogen-bond acceptors (Lipinski definition) is 6. The van der Waals surface area contributed by atoms with E-state index in [1.54, 1.807) is 6.07 Å². The highest BCUT2D eigenvalue weighted by Crippen LogP contribution is 2.23. The van der Waals surface area contributed by atoms with Gasteiger partial charge in [-0.15, -0.1) is 10.2 Å². The van der Waals surface area contributed by atoms with Gasteiger partial charge in [0.1, 0.15) is 18.1 Å². The summed E-state index contributed by atoms with van der Waals surface area (Å²) < 4.78 is 13.2. The maximum atomic E-state index is 12.3. The van der Waals surface area contributed by atoms with Crippen LogP contribution in [0.15, 0.2) is 47.6 Å². The maximum absolute atomic E-state index is 12.3. The summed E-state index contributed by atoms with van der Waals surface area (Å²) in [6.07, 6.45) is 0. The van der Waals surface area contributed by atoms with Crippen LogP contribution < -0.4 is 14.8 Å². The van der Waals surface area contributed by atoms with Crippen LogP contribution in [0.4, 0.5) is 5.69 Å². The SMILES string of the molecule is CCOc1ccc(NC(=O)CSc2nnc(COc3ccc(Cl)c(C)c3)n2CC)cc1. The molecule has 7 nitrogen and oxygen atoms in total. The second-order valence-corrected chi connectivity index (χ2v) is 7.99. The van der Waals surface area contributed by atoms with Crippen LogP contribution in [-0.4, -0.2) is 33.0 Å². The number of carbonyl (C=O) groups excluding carboxylic acids is 1. The lowest BCUT2D eigenvalue weighted by Crippen LogP contribution is -2.15. The molecule has 0 radical (unpaired) electrons. The van der Waals surface area contributed by atoms with Crippen LogP contribution in [0.1, 0.15) is 25.2 Å².